The Morgan fingerprint density at radius 3 is 2.76 bits per heavy atom. The van der Waals surface area contributed by atoms with Crippen LogP contribution in [0.1, 0.15) is 18.4 Å². The summed E-state index contributed by atoms with van der Waals surface area (Å²) >= 11 is 0. The molecule has 1 saturated heterocycles. The highest BCUT2D eigenvalue weighted by Gasteiger charge is 2.33. The Kier molecular flexibility index (Phi) is 5.60. The predicted molar refractivity (Wildman–Crippen MR) is 95.6 cm³/mol. The van der Waals surface area contributed by atoms with Crippen LogP contribution < -0.4 is 14.8 Å². The summed E-state index contributed by atoms with van der Waals surface area (Å²) < 4.78 is 16.1. The van der Waals surface area contributed by atoms with E-state index < -0.39 is 0 Å². The number of carbonyl (C=O) groups excluding carboxylic acids is 1. The normalized spacial score (nSPS) is 18.7. The minimum absolute atomic E-state index is 0.0812. The Balaban J connectivity index is 1.56. The molecule has 0 saturated carbocycles. The number of amides is 1. The van der Waals surface area contributed by atoms with Crippen molar-refractivity contribution in [2.75, 3.05) is 47.2 Å². The maximum Gasteiger partial charge on any atom is 0.244 e. The molecular weight excluding hydrogens is 320 g/mol. The summed E-state index contributed by atoms with van der Waals surface area (Å²) in [4.78, 5) is 14.4. The van der Waals surface area contributed by atoms with E-state index in [1.807, 2.05) is 18.2 Å². The average Bonchev–Trinajstić information content (AvgIpc) is 3.06. The maximum absolute atomic E-state index is 12.2. The van der Waals surface area contributed by atoms with Gasteiger partial charge in [-0.1, -0.05) is 6.07 Å². The monoisotopic (exact) mass is 346 g/mol. The van der Waals surface area contributed by atoms with Gasteiger partial charge in [-0.3, -0.25) is 4.79 Å². The van der Waals surface area contributed by atoms with Gasteiger partial charge in [0, 0.05) is 37.8 Å². The second-order valence-corrected chi connectivity index (χ2v) is 7.01. The summed E-state index contributed by atoms with van der Waals surface area (Å²) in [5.41, 5.74) is 0.998. The fraction of sp³-hybridized carbons (Fsp3) is 0.526. The van der Waals surface area contributed by atoms with Gasteiger partial charge in [0.15, 0.2) is 11.5 Å². The molecule has 2 heterocycles. The van der Waals surface area contributed by atoms with Crippen molar-refractivity contribution in [2.45, 2.75) is 12.8 Å². The molecule has 0 bridgehead atoms. The van der Waals surface area contributed by atoms with Crippen molar-refractivity contribution >= 4 is 12.0 Å². The molecule has 1 aromatic rings. The molecule has 1 amide bonds. The second kappa shape index (κ2) is 7.89. The van der Waals surface area contributed by atoms with Gasteiger partial charge in [-0.15, -0.1) is 0 Å². The number of carbonyl (C=O) groups is 1. The van der Waals surface area contributed by atoms with Gasteiger partial charge in [0.05, 0.1) is 0 Å². The van der Waals surface area contributed by atoms with Gasteiger partial charge in [0.1, 0.15) is 0 Å². The molecule has 1 fully saturated rings. The molecule has 0 spiro atoms. The first kappa shape index (κ1) is 17.8. The number of nitrogens with one attached hydrogen (secondary N) is 1. The summed E-state index contributed by atoms with van der Waals surface area (Å²) in [5, 5.41) is 3.06. The molecule has 2 aliphatic rings. The van der Waals surface area contributed by atoms with Crippen molar-refractivity contribution in [1.29, 1.82) is 0 Å². The van der Waals surface area contributed by atoms with Gasteiger partial charge < -0.3 is 24.4 Å². The smallest absolute Gasteiger partial charge is 0.244 e. The molecular formula is C19H26N2O4. The van der Waals surface area contributed by atoms with Crippen LogP contribution in [0.3, 0.4) is 0 Å². The Morgan fingerprint density at radius 2 is 2.00 bits per heavy atom. The predicted octanol–water partition coefficient (Wildman–Crippen LogP) is 1.90. The van der Waals surface area contributed by atoms with E-state index in [4.69, 9.17) is 14.2 Å². The van der Waals surface area contributed by atoms with Crippen molar-refractivity contribution in [3.05, 3.63) is 29.8 Å². The van der Waals surface area contributed by atoms with Crippen LogP contribution in [0.25, 0.3) is 6.08 Å². The topological polar surface area (TPSA) is 60.0 Å². The van der Waals surface area contributed by atoms with Crippen molar-refractivity contribution in [1.82, 2.24) is 10.2 Å². The molecule has 3 rings (SSSR count). The molecule has 0 radical (unpaired) electrons. The van der Waals surface area contributed by atoms with Crippen LogP contribution in [0.2, 0.25) is 0 Å². The first-order valence-electron chi connectivity index (χ1n) is 8.64. The zero-order valence-electron chi connectivity index (χ0n) is 14.9. The zero-order chi connectivity index (χ0) is 17.7. The van der Waals surface area contributed by atoms with E-state index in [2.05, 4.69) is 24.3 Å². The Hall–Kier alpha value is -2.05. The van der Waals surface area contributed by atoms with Crippen LogP contribution in [0.15, 0.2) is 24.3 Å². The van der Waals surface area contributed by atoms with Crippen LogP contribution in [-0.2, 0) is 9.53 Å². The highest BCUT2D eigenvalue weighted by Crippen LogP contribution is 2.33. The zero-order valence-corrected chi connectivity index (χ0v) is 14.9. The Morgan fingerprint density at radius 1 is 1.24 bits per heavy atom. The van der Waals surface area contributed by atoms with E-state index in [9.17, 15) is 4.79 Å². The van der Waals surface area contributed by atoms with E-state index in [-0.39, 0.29) is 18.1 Å². The maximum atomic E-state index is 12.2. The lowest BCUT2D eigenvalue weighted by molar-refractivity contribution is -0.117. The number of rotatable bonds is 6. The van der Waals surface area contributed by atoms with E-state index in [1.54, 1.807) is 12.2 Å². The molecule has 0 aliphatic carbocycles. The molecule has 6 nitrogen and oxygen atoms in total. The fourth-order valence-electron chi connectivity index (χ4n) is 3.39. The van der Waals surface area contributed by atoms with Gasteiger partial charge in [-0.05, 0) is 50.7 Å². The van der Waals surface area contributed by atoms with E-state index in [0.29, 0.717) is 6.54 Å². The van der Waals surface area contributed by atoms with E-state index in [1.165, 1.54) is 0 Å². The Bertz CT molecular complexity index is 636. The third-order valence-corrected chi connectivity index (χ3v) is 4.67. The van der Waals surface area contributed by atoms with Crippen LogP contribution in [0.4, 0.5) is 0 Å². The van der Waals surface area contributed by atoms with Gasteiger partial charge in [0.2, 0.25) is 12.7 Å². The molecule has 25 heavy (non-hydrogen) atoms. The van der Waals surface area contributed by atoms with Crippen LogP contribution in [-0.4, -0.2) is 58.0 Å². The van der Waals surface area contributed by atoms with E-state index in [0.717, 1.165) is 49.7 Å². The largest absolute Gasteiger partial charge is 0.454 e. The molecule has 2 aliphatic heterocycles. The van der Waals surface area contributed by atoms with Gasteiger partial charge in [-0.2, -0.15) is 0 Å². The van der Waals surface area contributed by atoms with Crippen molar-refractivity contribution in [2.24, 2.45) is 5.41 Å². The van der Waals surface area contributed by atoms with Crippen LogP contribution in [0, 0.1) is 5.41 Å². The summed E-state index contributed by atoms with van der Waals surface area (Å²) in [7, 11) is 4.14. The standard InChI is InChI=1S/C19H26N2O4/c1-21(2)13-19(7-9-23-10-8-19)12-20-18(22)6-4-15-3-5-16-17(11-15)25-14-24-16/h3-6,11H,7-10,12-14H2,1-2H3,(H,20,22)/b6-4+. The van der Waals surface area contributed by atoms with Crippen LogP contribution >= 0.6 is 0 Å². The molecule has 136 valence electrons. The molecule has 1 N–H and O–H groups in total. The Labute approximate surface area is 148 Å². The number of benzene rings is 1. The fourth-order valence-corrected chi connectivity index (χ4v) is 3.39. The lowest BCUT2D eigenvalue weighted by Gasteiger charge is -2.39. The first-order chi connectivity index (χ1) is 12.1. The van der Waals surface area contributed by atoms with Gasteiger partial charge >= 0.3 is 0 Å². The number of ether oxygens (including phenoxy) is 3. The summed E-state index contributed by atoms with van der Waals surface area (Å²) in [5.74, 6) is 1.38. The number of nitrogens with zero attached hydrogens (tertiary/aromatic N) is 1. The molecule has 1 aromatic carbocycles. The van der Waals surface area contributed by atoms with Gasteiger partial charge in [-0.25, -0.2) is 0 Å². The molecule has 0 unspecified atom stereocenters. The third-order valence-electron chi connectivity index (χ3n) is 4.67. The molecule has 0 aromatic heterocycles. The quantitative estimate of drug-likeness (QED) is 0.798. The lowest BCUT2D eigenvalue weighted by atomic mass is 9.79. The summed E-state index contributed by atoms with van der Waals surface area (Å²) in [6.07, 6.45) is 5.30. The number of fused-ring (bicyclic) bond motifs is 1. The highest BCUT2D eigenvalue weighted by atomic mass is 16.7. The summed E-state index contributed by atoms with van der Waals surface area (Å²) in [6.45, 7) is 3.38. The molecule has 0 atom stereocenters. The number of hydrogen-bond donors (Lipinski definition) is 1. The minimum atomic E-state index is -0.0812. The highest BCUT2D eigenvalue weighted by molar-refractivity contribution is 5.91. The summed E-state index contributed by atoms with van der Waals surface area (Å²) in [6, 6.07) is 5.63. The third kappa shape index (κ3) is 4.74. The lowest BCUT2D eigenvalue weighted by Crippen LogP contribution is -2.46. The van der Waals surface area contributed by atoms with Crippen molar-refractivity contribution in [3.63, 3.8) is 0 Å². The average molecular weight is 346 g/mol. The van der Waals surface area contributed by atoms with E-state index >= 15 is 0 Å². The first-order valence-corrected chi connectivity index (χ1v) is 8.64. The minimum Gasteiger partial charge on any atom is -0.454 e. The molecule has 6 heteroatoms. The second-order valence-electron chi connectivity index (χ2n) is 7.01. The van der Waals surface area contributed by atoms with Gasteiger partial charge in [0.25, 0.3) is 0 Å². The van der Waals surface area contributed by atoms with Crippen molar-refractivity contribution in [3.8, 4) is 11.5 Å². The van der Waals surface area contributed by atoms with Crippen LogP contribution in [0.5, 0.6) is 11.5 Å². The van der Waals surface area contributed by atoms with Crippen molar-refractivity contribution < 1.29 is 19.0 Å². The number of hydrogen-bond acceptors (Lipinski definition) is 5. The SMILES string of the molecule is CN(C)CC1(CNC(=O)/C=C/c2ccc3c(c2)OCO3)CCOCC1.